The number of hydrogen-bond acceptors (Lipinski definition) is 2. The van der Waals surface area contributed by atoms with Crippen LogP contribution in [0.5, 0.6) is 0 Å². The Labute approximate surface area is 126 Å². The molecule has 4 nitrogen and oxygen atoms in total. The van der Waals surface area contributed by atoms with Gasteiger partial charge in [-0.1, -0.05) is 19.3 Å². The normalized spacial score (nSPS) is 17.8. The molecule has 6 heteroatoms. The van der Waals surface area contributed by atoms with E-state index in [0.29, 0.717) is 16.9 Å². The smallest absolute Gasteiger partial charge is 0.326 e. The number of imidazole rings is 1. The summed E-state index contributed by atoms with van der Waals surface area (Å²) in [7, 11) is 0. The molecule has 1 aliphatic carbocycles. The highest BCUT2D eigenvalue weighted by molar-refractivity contribution is 5.80. The van der Waals surface area contributed by atoms with Gasteiger partial charge in [0.25, 0.3) is 0 Å². The van der Waals surface area contributed by atoms with Gasteiger partial charge in [0.15, 0.2) is 11.6 Å². The summed E-state index contributed by atoms with van der Waals surface area (Å²) >= 11 is 0. The van der Waals surface area contributed by atoms with Gasteiger partial charge in [-0.2, -0.15) is 0 Å². The molecule has 22 heavy (non-hydrogen) atoms. The van der Waals surface area contributed by atoms with Crippen LogP contribution in [0.4, 0.5) is 8.78 Å². The zero-order valence-corrected chi connectivity index (χ0v) is 12.4. The van der Waals surface area contributed by atoms with Crippen LogP contribution in [0.15, 0.2) is 12.1 Å². The lowest BCUT2D eigenvalue weighted by Crippen LogP contribution is -2.20. The maximum absolute atomic E-state index is 13.6. The first-order valence-corrected chi connectivity index (χ1v) is 7.58. The lowest BCUT2D eigenvalue weighted by molar-refractivity contribution is -0.140. The molecular weight excluding hydrogens is 290 g/mol. The standard InChI is InChI=1S/C16H18F2N2O2/c1-9(16(21)22)20-14-8-12(18)11(17)7-13(14)19-15(20)10-5-3-2-4-6-10/h7-10H,2-6H2,1H3,(H,21,22). The van der Waals surface area contributed by atoms with Gasteiger partial charge in [-0.15, -0.1) is 0 Å². The monoisotopic (exact) mass is 308 g/mol. The molecule has 1 unspecified atom stereocenters. The summed E-state index contributed by atoms with van der Waals surface area (Å²) in [5.74, 6) is -2.18. The first-order chi connectivity index (χ1) is 10.5. The third kappa shape index (κ3) is 2.46. The van der Waals surface area contributed by atoms with Gasteiger partial charge < -0.3 is 9.67 Å². The van der Waals surface area contributed by atoms with Crippen LogP contribution < -0.4 is 0 Å². The fourth-order valence-corrected chi connectivity index (χ4v) is 3.28. The number of nitrogens with zero attached hydrogens (tertiary/aromatic N) is 2. The van der Waals surface area contributed by atoms with Gasteiger partial charge in [-0.05, 0) is 19.8 Å². The lowest BCUT2D eigenvalue weighted by Gasteiger charge is -2.23. The number of aliphatic carboxylic acids is 1. The van der Waals surface area contributed by atoms with E-state index in [1.807, 2.05) is 0 Å². The summed E-state index contributed by atoms with van der Waals surface area (Å²) in [5.41, 5.74) is 0.655. The third-order valence-electron chi connectivity index (χ3n) is 4.47. The van der Waals surface area contributed by atoms with Crippen molar-refractivity contribution in [3.05, 3.63) is 29.6 Å². The second kappa shape index (κ2) is 5.66. The van der Waals surface area contributed by atoms with E-state index in [9.17, 15) is 18.7 Å². The molecule has 1 fully saturated rings. The van der Waals surface area contributed by atoms with E-state index in [4.69, 9.17) is 0 Å². The summed E-state index contributed by atoms with van der Waals surface area (Å²) in [4.78, 5) is 15.8. The highest BCUT2D eigenvalue weighted by Crippen LogP contribution is 2.36. The third-order valence-corrected chi connectivity index (χ3v) is 4.47. The van der Waals surface area contributed by atoms with Crippen molar-refractivity contribution in [1.29, 1.82) is 0 Å². The Hall–Kier alpha value is -1.98. The van der Waals surface area contributed by atoms with E-state index < -0.39 is 23.6 Å². The number of benzene rings is 1. The molecular formula is C16H18F2N2O2. The molecule has 2 aromatic rings. The van der Waals surface area contributed by atoms with Crippen LogP contribution in [0.3, 0.4) is 0 Å². The fourth-order valence-electron chi connectivity index (χ4n) is 3.28. The molecule has 3 rings (SSSR count). The van der Waals surface area contributed by atoms with Crippen molar-refractivity contribution in [3.8, 4) is 0 Å². The maximum atomic E-state index is 13.6. The van der Waals surface area contributed by atoms with Crippen LogP contribution in [0.1, 0.15) is 56.8 Å². The van der Waals surface area contributed by atoms with Crippen molar-refractivity contribution in [2.75, 3.05) is 0 Å². The van der Waals surface area contributed by atoms with Crippen molar-refractivity contribution < 1.29 is 18.7 Å². The molecule has 1 heterocycles. The summed E-state index contributed by atoms with van der Waals surface area (Å²) in [6.07, 6.45) is 5.16. The first kappa shape index (κ1) is 14.9. The average Bonchev–Trinajstić information content (AvgIpc) is 2.86. The minimum Gasteiger partial charge on any atom is -0.480 e. The summed E-state index contributed by atoms with van der Waals surface area (Å²) in [6, 6.07) is 1.22. The van der Waals surface area contributed by atoms with Crippen molar-refractivity contribution >= 4 is 17.0 Å². The lowest BCUT2D eigenvalue weighted by atomic mass is 9.88. The molecule has 1 aromatic carbocycles. The number of aromatic nitrogens is 2. The van der Waals surface area contributed by atoms with E-state index in [1.54, 1.807) is 4.57 Å². The van der Waals surface area contributed by atoms with Crippen LogP contribution >= 0.6 is 0 Å². The number of fused-ring (bicyclic) bond motifs is 1. The van der Waals surface area contributed by atoms with Gasteiger partial charge in [0, 0.05) is 18.1 Å². The van der Waals surface area contributed by atoms with Gasteiger partial charge >= 0.3 is 5.97 Å². The molecule has 0 bridgehead atoms. The number of carboxylic acid groups (broad SMARTS) is 1. The summed E-state index contributed by atoms with van der Waals surface area (Å²) < 4.78 is 28.6. The van der Waals surface area contributed by atoms with E-state index in [0.717, 1.165) is 44.2 Å². The largest absolute Gasteiger partial charge is 0.480 e. The Balaban J connectivity index is 2.20. The second-order valence-corrected chi connectivity index (χ2v) is 5.94. The van der Waals surface area contributed by atoms with Gasteiger partial charge in [-0.25, -0.2) is 18.6 Å². The maximum Gasteiger partial charge on any atom is 0.326 e. The van der Waals surface area contributed by atoms with Crippen LogP contribution in [0, 0.1) is 11.6 Å². The molecule has 1 aromatic heterocycles. The van der Waals surface area contributed by atoms with Crippen molar-refractivity contribution in [1.82, 2.24) is 9.55 Å². The zero-order chi connectivity index (χ0) is 15.9. The average molecular weight is 308 g/mol. The van der Waals surface area contributed by atoms with Crippen molar-refractivity contribution in [3.63, 3.8) is 0 Å². The Morgan fingerprint density at radius 1 is 1.27 bits per heavy atom. The quantitative estimate of drug-likeness (QED) is 0.932. The van der Waals surface area contributed by atoms with Crippen LogP contribution in [-0.2, 0) is 4.79 Å². The number of carbonyl (C=O) groups is 1. The molecule has 0 spiro atoms. The Morgan fingerprint density at radius 2 is 1.91 bits per heavy atom. The fraction of sp³-hybridized carbons (Fsp3) is 0.500. The predicted molar refractivity (Wildman–Crippen MR) is 77.8 cm³/mol. The minimum atomic E-state index is -1.01. The zero-order valence-electron chi connectivity index (χ0n) is 12.4. The highest BCUT2D eigenvalue weighted by atomic mass is 19.2. The summed E-state index contributed by atoms with van der Waals surface area (Å²) in [6.45, 7) is 1.54. The molecule has 0 saturated heterocycles. The van der Waals surface area contributed by atoms with Crippen LogP contribution in [-0.4, -0.2) is 20.6 Å². The first-order valence-electron chi connectivity index (χ1n) is 7.58. The molecule has 1 N–H and O–H groups in total. The Morgan fingerprint density at radius 3 is 2.55 bits per heavy atom. The van der Waals surface area contributed by atoms with E-state index in [-0.39, 0.29) is 5.92 Å². The van der Waals surface area contributed by atoms with Crippen LogP contribution in [0.25, 0.3) is 11.0 Å². The molecule has 1 atom stereocenters. The van der Waals surface area contributed by atoms with Crippen molar-refractivity contribution in [2.24, 2.45) is 0 Å². The highest BCUT2D eigenvalue weighted by Gasteiger charge is 2.27. The van der Waals surface area contributed by atoms with E-state index in [1.165, 1.54) is 6.92 Å². The molecule has 0 amide bonds. The molecule has 1 saturated carbocycles. The van der Waals surface area contributed by atoms with Gasteiger partial charge in [0.1, 0.15) is 11.9 Å². The van der Waals surface area contributed by atoms with E-state index in [2.05, 4.69) is 4.98 Å². The Bertz CT molecular complexity index is 720. The SMILES string of the molecule is CC(C(=O)O)n1c(C2CCCCC2)nc2cc(F)c(F)cc21. The molecule has 0 aliphatic heterocycles. The minimum absolute atomic E-state index is 0.147. The number of carboxylic acids is 1. The predicted octanol–water partition coefficient (Wildman–Crippen LogP) is 4.01. The molecule has 1 aliphatic rings. The summed E-state index contributed by atoms with van der Waals surface area (Å²) in [5, 5.41) is 9.34. The van der Waals surface area contributed by atoms with Gasteiger partial charge in [0.2, 0.25) is 0 Å². The number of rotatable bonds is 3. The van der Waals surface area contributed by atoms with E-state index >= 15 is 0 Å². The van der Waals surface area contributed by atoms with Crippen LogP contribution in [0.2, 0.25) is 0 Å². The van der Waals surface area contributed by atoms with Gasteiger partial charge in [0.05, 0.1) is 11.0 Å². The van der Waals surface area contributed by atoms with Crippen molar-refractivity contribution in [2.45, 2.75) is 51.0 Å². The topological polar surface area (TPSA) is 55.1 Å². The second-order valence-electron chi connectivity index (χ2n) is 5.94. The number of hydrogen-bond donors (Lipinski definition) is 1. The van der Waals surface area contributed by atoms with Gasteiger partial charge in [-0.3, -0.25) is 0 Å². The molecule has 118 valence electrons. The number of halogens is 2. The Kier molecular flexibility index (Phi) is 3.85. The molecule has 0 radical (unpaired) electrons.